The average molecular weight is 357 g/mol. The van der Waals surface area contributed by atoms with E-state index in [1.165, 1.54) is 0 Å². The maximum absolute atomic E-state index is 12.8. The van der Waals surface area contributed by atoms with Crippen LogP contribution in [0.4, 0.5) is 0 Å². The minimum Gasteiger partial charge on any atom is -0.508 e. The molecule has 26 heavy (non-hydrogen) atoms. The van der Waals surface area contributed by atoms with Gasteiger partial charge >= 0.3 is 0 Å². The fraction of sp³-hybridized carbons (Fsp3) is 0.682. The maximum Gasteiger partial charge on any atom is 0.225 e. The smallest absolute Gasteiger partial charge is 0.225 e. The van der Waals surface area contributed by atoms with Crippen LogP contribution >= 0.6 is 0 Å². The topological polar surface area (TPSA) is 60.8 Å². The van der Waals surface area contributed by atoms with Gasteiger partial charge in [-0.3, -0.25) is 4.79 Å². The van der Waals surface area contributed by atoms with Gasteiger partial charge in [-0.1, -0.05) is 19.1 Å². The predicted molar refractivity (Wildman–Crippen MR) is 101 cm³/mol. The summed E-state index contributed by atoms with van der Waals surface area (Å²) in [6.45, 7) is 4.18. The Balaban J connectivity index is 1.77. The van der Waals surface area contributed by atoms with Crippen LogP contribution in [0.5, 0.6) is 5.75 Å². The first-order valence-corrected chi connectivity index (χ1v) is 9.91. The second kappa shape index (κ2) is 5.72. The molecule has 1 aromatic rings. The third-order valence-corrected chi connectivity index (χ3v) is 7.75. The normalized spacial score (nSPS) is 41.1. The molecule has 0 saturated heterocycles. The number of phenols is 1. The molecule has 0 heterocycles. The minimum atomic E-state index is -0.867. The van der Waals surface area contributed by atoms with Gasteiger partial charge in [0.1, 0.15) is 5.75 Å². The molecule has 1 aromatic carbocycles. The third kappa shape index (κ3) is 2.34. The molecule has 142 valence electrons. The number of hydrogen-bond acceptors (Lipinski definition) is 3. The molecule has 2 fully saturated rings. The molecule has 3 unspecified atom stereocenters. The lowest BCUT2D eigenvalue weighted by molar-refractivity contribution is -0.147. The summed E-state index contributed by atoms with van der Waals surface area (Å²) in [5, 5.41) is 21.9. The summed E-state index contributed by atoms with van der Waals surface area (Å²) >= 11 is 0. The molecule has 0 bridgehead atoms. The zero-order valence-electron chi connectivity index (χ0n) is 16.3. The Morgan fingerprint density at radius 2 is 1.92 bits per heavy atom. The molecule has 4 nitrogen and oxygen atoms in total. The van der Waals surface area contributed by atoms with E-state index in [9.17, 15) is 15.0 Å². The third-order valence-electron chi connectivity index (χ3n) is 7.75. The molecule has 0 aliphatic heterocycles. The number of rotatable bonds is 1. The highest BCUT2D eigenvalue weighted by molar-refractivity contribution is 5.79. The van der Waals surface area contributed by atoms with Crippen molar-refractivity contribution in [2.24, 2.45) is 23.2 Å². The number of carbonyl (C=O) groups is 1. The molecule has 0 radical (unpaired) electrons. The molecule has 0 spiro atoms. The molecule has 2 saturated carbocycles. The van der Waals surface area contributed by atoms with Crippen molar-refractivity contribution in [2.45, 2.75) is 57.5 Å². The summed E-state index contributed by atoms with van der Waals surface area (Å²) in [6, 6.07) is 5.73. The first-order chi connectivity index (χ1) is 12.2. The van der Waals surface area contributed by atoms with Gasteiger partial charge in [0, 0.05) is 25.9 Å². The maximum atomic E-state index is 12.8. The summed E-state index contributed by atoms with van der Waals surface area (Å²) in [6.07, 6.45) is 4.47. The molecule has 3 aliphatic carbocycles. The van der Waals surface area contributed by atoms with Gasteiger partial charge in [0.25, 0.3) is 0 Å². The molecule has 4 rings (SSSR count). The van der Waals surface area contributed by atoms with Crippen LogP contribution in [0.15, 0.2) is 18.2 Å². The summed E-state index contributed by atoms with van der Waals surface area (Å²) < 4.78 is 0. The van der Waals surface area contributed by atoms with Crippen molar-refractivity contribution in [3.63, 3.8) is 0 Å². The van der Waals surface area contributed by atoms with Crippen molar-refractivity contribution in [1.29, 1.82) is 0 Å². The van der Waals surface area contributed by atoms with Crippen molar-refractivity contribution in [3.8, 4) is 5.75 Å². The van der Waals surface area contributed by atoms with Gasteiger partial charge in [-0.2, -0.15) is 0 Å². The van der Waals surface area contributed by atoms with E-state index in [1.54, 1.807) is 11.0 Å². The van der Waals surface area contributed by atoms with Crippen LogP contribution in [0, 0.1) is 23.2 Å². The van der Waals surface area contributed by atoms with Crippen LogP contribution in [0.25, 0.3) is 0 Å². The minimum absolute atomic E-state index is 0.000461. The van der Waals surface area contributed by atoms with Gasteiger partial charge < -0.3 is 15.1 Å². The lowest BCUT2D eigenvalue weighted by atomic mass is 9.49. The number of benzene rings is 1. The monoisotopic (exact) mass is 357 g/mol. The fourth-order valence-electron chi connectivity index (χ4n) is 6.91. The van der Waals surface area contributed by atoms with Gasteiger partial charge in [0.15, 0.2) is 0 Å². The van der Waals surface area contributed by atoms with Crippen LogP contribution < -0.4 is 0 Å². The molecule has 0 aromatic heterocycles. The first-order valence-electron chi connectivity index (χ1n) is 9.91. The van der Waals surface area contributed by atoms with E-state index in [2.05, 4.69) is 13.0 Å². The Morgan fingerprint density at radius 1 is 1.19 bits per heavy atom. The highest BCUT2D eigenvalue weighted by Gasteiger charge is 2.62. The summed E-state index contributed by atoms with van der Waals surface area (Å²) in [5.74, 6) is 1.44. The van der Waals surface area contributed by atoms with Gasteiger partial charge in [-0.15, -0.1) is 0 Å². The van der Waals surface area contributed by atoms with Crippen molar-refractivity contribution in [1.82, 2.24) is 4.90 Å². The van der Waals surface area contributed by atoms with E-state index in [1.807, 2.05) is 27.1 Å². The highest BCUT2D eigenvalue weighted by atomic mass is 16.3. The van der Waals surface area contributed by atoms with Gasteiger partial charge in [-0.05, 0) is 73.5 Å². The number of amides is 1. The number of fused-ring (bicyclic) bond motifs is 5. The van der Waals surface area contributed by atoms with Gasteiger partial charge in [0.2, 0.25) is 5.91 Å². The number of carbonyl (C=O) groups excluding carboxylic acids is 1. The second-order valence-corrected chi connectivity index (χ2v) is 9.53. The molecule has 2 N–H and O–H groups in total. The van der Waals surface area contributed by atoms with Crippen molar-refractivity contribution in [2.75, 3.05) is 14.1 Å². The highest BCUT2D eigenvalue weighted by Crippen LogP contribution is 2.66. The van der Waals surface area contributed by atoms with E-state index in [0.717, 1.165) is 36.8 Å². The van der Waals surface area contributed by atoms with E-state index < -0.39 is 5.60 Å². The molecule has 4 heteroatoms. The Kier molecular flexibility index (Phi) is 3.93. The van der Waals surface area contributed by atoms with Crippen LogP contribution in [-0.2, 0) is 11.2 Å². The summed E-state index contributed by atoms with van der Waals surface area (Å²) in [5.41, 5.74) is 1.11. The van der Waals surface area contributed by atoms with E-state index >= 15 is 0 Å². The lowest BCUT2D eigenvalue weighted by Crippen LogP contribution is -2.56. The van der Waals surface area contributed by atoms with E-state index in [0.29, 0.717) is 24.0 Å². The van der Waals surface area contributed by atoms with Gasteiger partial charge in [0.05, 0.1) is 5.60 Å². The van der Waals surface area contributed by atoms with E-state index in [4.69, 9.17) is 0 Å². The molecule has 6 atom stereocenters. The van der Waals surface area contributed by atoms with E-state index in [-0.39, 0.29) is 23.2 Å². The summed E-state index contributed by atoms with van der Waals surface area (Å²) in [4.78, 5) is 14.5. The number of aromatic hydroxyl groups is 1. The van der Waals surface area contributed by atoms with Crippen LogP contribution in [-0.4, -0.2) is 40.7 Å². The van der Waals surface area contributed by atoms with Crippen LogP contribution in [0.3, 0.4) is 0 Å². The zero-order valence-corrected chi connectivity index (χ0v) is 16.3. The standard InChI is InChI=1S/C22H31NO3/c1-21-12-22(2,26)19-14-6-5-7-18(24)13(14)8-9-15(19)16(21)10-11-17(21)20(25)23(3)4/h5-7,15-17,19,24,26H,8-12H2,1-4H3/t15?,16?,17-,19?,21+,22+/m1/s1. The molecular formula is C22H31NO3. The SMILES string of the molecule is CN(C)C(=O)[C@H]1CCC2C3CCc4c(O)cccc4C3[C@@](C)(O)C[C@@]21C. The van der Waals surface area contributed by atoms with Crippen molar-refractivity contribution < 1.29 is 15.0 Å². The van der Waals surface area contributed by atoms with Gasteiger partial charge in [-0.25, -0.2) is 0 Å². The number of phenolic OH excluding ortho intramolecular Hbond substituents is 1. The van der Waals surface area contributed by atoms with Crippen molar-refractivity contribution in [3.05, 3.63) is 29.3 Å². The Labute approximate surface area is 156 Å². The second-order valence-electron chi connectivity index (χ2n) is 9.53. The summed E-state index contributed by atoms with van der Waals surface area (Å²) in [7, 11) is 3.67. The van der Waals surface area contributed by atoms with Crippen molar-refractivity contribution >= 4 is 5.91 Å². The largest absolute Gasteiger partial charge is 0.508 e. The number of aliphatic hydroxyl groups is 1. The van der Waals surface area contributed by atoms with Crippen LogP contribution in [0.2, 0.25) is 0 Å². The molecular weight excluding hydrogens is 326 g/mol. The predicted octanol–water partition coefficient (Wildman–Crippen LogP) is 3.31. The van der Waals surface area contributed by atoms with Crippen LogP contribution in [0.1, 0.15) is 56.6 Å². The lowest BCUT2D eigenvalue weighted by Gasteiger charge is -2.57. The fourth-order valence-corrected chi connectivity index (χ4v) is 6.91. The Bertz CT molecular complexity index is 741. The first kappa shape index (κ1) is 17.8. The average Bonchev–Trinajstić information content (AvgIpc) is 2.89. The molecule has 1 amide bonds. The Hall–Kier alpha value is -1.55. The number of hydrogen-bond donors (Lipinski definition) is 2. The number of nitrogens with zero attached hydrogens (tertiary/aromatic N) is 1. The Morgan fingerprint density at radius 3 is 2.62 bits per heavy atom. The quantitative estimate of drug-likeness (QED) is 0.811. The molecule has 3 aliphatic rings. The zero-order chi connectivity index (χ0) is 18.9.